The van der Waals surface area contributed by atoms with Crippen molar-refractivity contribution in [1.29, 1.82) is 0 Å². The van der Waals surface area contributed by atoms with Gasteiger partial charge in [0.25, 0.3) is 0 Å². The molecule has 1 aromatic rings. The molecule has 0 saturated heterocycles. The number of benzene rings is 1. The highest BCUT2D eigenvalue weighted by molar-refractivity contribution is 5.58. The first-order valence-corrected chi connectivity index (χ1v) is 6.28. The van der Waals surface area contributed by atoms with E-state index in [0.29, 0.717) is 5.92 Å². The maximum absolute atomic E-state index is 9.71. The monoisotopic (exact) mass is 235 g/mol. The van der Waals surface area contributed by atoms with E-state index in [1.165, 1.54) is 12.8 Å². The van der Waals surface area contributed by atoms with Crippen molar-refractivity contribution in [2.75, 3.05) is 19.0 Å². The van der Waals surface area contributed by atoms with Gasteiger partial charge in [-0.2, -0.15) is 0 Å². The lowest BCUT2D eigenvalue weighted by Gasteiger charge is -2.34. The van der Waals surface area contributed by atoms with Gasteiger partial charge in [-0.3, -0.25) is 0 Å². The van der Waals surface area contributed by atoms with Gasteiger partial charge in [-0.15, -0.1) is 0 Å². The van der Waals surface area contributed by atoms with E-state index in [4.69, 9.17) is 4.74 Å². The molecular weight excluding hydrogens is 214 g/mol. The maximum atomic E-state index is 9.71. The molecule has 0 bridgehead atoms. The van der Waals surface area contributed by atoms with Crippen LogP contribution < -0.4 is 10.1 Å². The van der Waals surface area contributed by atoms with Crippen LogP contribution >= 0.6 is 0 Å². The van der Waals surface area contributed by atoms with Crippen molar-refractivity contribution >= 4 is 5.69 Å². The summed E-state index contributed by atoms with van der Waals surface area (Å²) in [5, 5.41) is 13.2. The summed E-state index contributed by atoms with van der Waals surface area (Å²) in [5.74, 6) is 1.42. The molecule has 94 valence electrons. The van der Waals surface area contributed by atoms with E-state index in [1.54, 1.807) is 7.11 Å². The zero-order chi connectivity index (χ0) is 12.3. The van der Waals surface area contributed by atoms with Crippen LogP contribution in [-0.4, -0.2) is 24.4 Å². The second-order valence-electron chi connectivity index (χ2n) is 4.77. The molecule has 1 aromatic carbocycles. The predicted molar refractivity (Wildman–Crippen MR) is 69.4 cm³/mol. The van der Waals surface area contributed by atoms with E-state index in [2.05, 4.69) is 12.2 Å². The van der Waals surface area contributed by atoms with Crippen LogP contribution in [-0.2, 0) is 0 Å². The summed E-state index contributed by atoms with van der Waals surface area (Å²) in [6, 6.07) is 7.87. The molecule has 1 aliphatic rings. The number of para-hydroxylation sites is 2. The number of ether oxygens (including phenoxy) is 1. The normalized spacial score (nSPS) is 18.5. The first-order valence-electron chi connectivity index (χ1n) is 6.28. The Morgan fingerprint density at radius 1 is 1.41 bits per heavy atom. The summed E-state index contributed by atoms with van der Waals surface area (Å²) in [4.78, 5) is 0. The fourth-order valence-electron chi connectivity index (χ4n) is 2.41. The third-order valence-electron chi connectivity index (χ3n) is 3.76. The first kappa shape index (κ1) is 12.2. The van der Waals surface area contributed by atoms with Gasteiger partial charge >= 0.3 is 0 Å². The van der Waals surface area contributed by atoms with Crippen LogP contribution in [0.15, 0.2) is 24.3 Å². The molecule has 2 rings (SSSR count). The van der Waals surface area contributed by atoms with E-state index in [9.17, 15) is 5.11 Å². The van der Waals surface area contributed by atoms with Gasteiger partial charge in [-0.05, 0) is 37.3 Å². The van der Waals surface area contributed by atoms with Gasteiger partial charge < -0.3 is 15.2 Å². The van der Waals surface area contributed by atoms with Crippen molar-refractivity contribution < 1.29 is 9.84 Å². The smallest absolute Gasteiger partial charge is 0.141 e. The molecule has 0 amide bonds. The SMILES string of the molecule is CCC(CO)(Nc1ccccc1OC)C1CC1. The number of hydrogen-bond donors (Lipinski definition) is 2. The molecule has 0 spiro atoms. The Morgan fingerprint density at radius 2 is 2.12 bits per heavy atom. The van der Waals surface area contributed by atoms with Gasteiger partial charge in [0.1, 0.15) is 5.75 Å². The van der Waals surface area contributed by atoms with Crippen LogP contribution in [0.3, 0.4) is 0 Å². The molecule has 3 nitrogen and oxygen atoms in total. The third-order valence-corrected chi connectivity index (χ3v) is 3.76. The van der Waals surface area contributed by atoms with E-state index < -0.39 is 0 Å². The molecule has 0 aliphatic heterocycles. The van der Waals surface area contributed by atoms with Gasteiger partial charge in [0.05, 0.1) is 24.9 Å². The molecule has 0 radical (unpaired) electrons. The summed E-state index contributed by atoms with van der Waals surface area (Å²) in [7, 11) is 1.67. The number of rotatable bonds is 6. The zero-order valence-electron chi connectivity index (χ0n) is 10.6. The van der Waals surface area contributed by atoms with Crippen molar-refractivity contribution in [2.45, 2.75) is 31.7 Å². The second kappa shape index (κ2) is 4.96. The largest absolute Gasteiger partial charge is 0.495 e. The molecular formula is C14H21NO2. The van der Waals surface area contributed by atoms with Crippen LogP contribution in [0.4, 0.5) is 5.69 Å². The molecule has 17 heavy (non-hydrogen) atoms. The highest BCUT2D eigenvalue weighted by Gasteiger charge is 2.43. The Balaban J connectivity index is 2.22. The van der Waals surface area contributed by atoms with Crippen molar-refractivity contribution in [1.82, 2.24) is 0 Å². The van der Waals surface area contributed by atoms with Gasteiger partial charge in [-0.25, -0.2) is 0 Å². The fraction of sp³-hybridized carbons (Fsp3) is 0.571. The lowest BCUT2D eigenvalue weighted by Crippen LogP contribution is -2.43. The highest BCUT2D eigenvalue weighted by atomic mass is 16.5. The Kier molecular flexibility index (Phi) is 3.57. The van der Waals surface area contributed by atoms with Crippen LogP contribution in [0.2, 0.25) is 0 Å². The Bertz CT molecular complexity index is 370. The highest BCUT2D eigenvalue weighted by Crippen LogP contribution is 2.44. The number of hydrogen-bond acceptors (Lipinski definition) is 3. The van der Waals surface area contributed by atoms with Gasteiger partial charge in [-0.1, -0.05) is 19.1 Å². The number of methoxy groups -OCH3 is 1. The Labute approximate surface area is 103 Å². The van der Waals surface area contributed by atoms with Crippen molar-refractivity contribution in [2.24, 2.45) is 5.92 Å². The minimum atomic E-state index is -0.186. The average Bonchev–Trinajstić information content (AvgIpc) is 3.21. The number of aliphatic hydroxyl groups is 1. The van der Waals surface area contributed by atoms with Gasteiger partial charge in [0.15, 0.2) is 0 Å². The van der Waals surface area contributed by atoms with Crippen LogP contribution in [0, 0.1) is 5.92 Å². The van der Waals surface area contributed by atoms with E-state index in [-0.39, 0.29) is 12.1 Å². The van der Waals surface area contributed by atoms with Crippen LogP contribution in [0.5, 0.6) is 5.75 Å². The summed E-state index contributed by atoms with van der Waals surface area (Å²) in [6.45, 7) is 2.29. The molecule has 1 unspecified atom stereocenters. The number of nitrogens with one attached hydrogen (secondary N) is 1. The van der Waals surface area contributed by atoms with E-state index in [0.717, 1.165) is 17.9 Å². The van der Waals surface area contributed by atoms with E-state index in [1.807, 2.05) is 24.3 Å². The lowest BCUT2D eigenvalue weighted by molar-refractivity contribution is 0.188. The van der Waals surface area contributed by atoms with Crippen LogP contribution in [0.1, 0.15) is 26.2 Å². The lowest BCUT2D eigenvalue weighted by atomic mass is 9.90. The summed E-state index contributed by atoms with van der Waals surface area (Å²) in [6.07, 6.45) is 3.33. The van der Waals surface area contributed by atoms with Crippen LogP contribution in [0.25, 0.3) is 0 Å². The number of anilines is 1. The molecule has 0 aromatic heterocycles. The van der Waals surface area contributed by atoms with Gasteiger partial charge in [0.2, 0.25) is 0 Å². The molecule has 1 saturated carbocycles. The molecule has 1 atom stereocenters. The third kappa shape index (κ3) is 2.39. The minimum Gasteiger partial charge on any atom is -0.495 e. The summed E-state index contributed by atoms with van der Waals surface area (Å²) in [5.41, 5.74) is 0.784. The van der Waals surface area contributed by atoms with E-state index >= 15 is 0 Å². The topological polar surface area (TPSA) is 41.5 Å². The van der Waals surface area contributed by atoms with Crippen molar-refractivity contribution in [3.63, 3.8) is 0 Å². The average molecular weight is 235 g/mol. The molecule has 1 aliphatic carbocycles. The van der Waals surface area contributed by atoms with Crippen molar-refractivity contribution in [3.8, 4) is 5.75 Å². The predicted octanol–water partition coefficient (Wildman–Crippen LogP) is 2.66. The standard InChI is InChI=1S/C14H21NO2/c1-3-14(10-16,11-8-9-11)15-12-6-4-5-7-13(12)17-2/h4-7,11,15-16H,3,8-10H2,1-2H3. The first-order chi connectivity index (χ1) is 8.25. The second-order valence-corrected chi connectivity index (χ2v) is 4.77. The van der Waals surface area contributed by atoms with Crippen molar-refractivity contribution in [3.05, 3.63) is 24.3 Å². The molecule has 2 N–H and O–H groups in total. The quantitative estimate of drug-likeness (QED) is 0.796. The Hall–Kier alpha value is -1.22. The molecule has 3 heteroatoms. The summed E-state index contributed by atoms with van der Waals surface area (Å²) < 4.78 is 5.34. The maximum Gasteiger partial charge on any atom is 0.141 e. The fourth-order valence-corrected chi connectivity index (χ4v) is 2.41. The van der Waals surface area contributed by atoms with Gasteiger partial charge in [0, 0.05) is 0 Å². The molecule has 1 fully saturated rings. The minimum absolute atomic E-state index is 0.173. The zero-order valence-corrected chi connectivity index (χ0v) is 10.6. The summed E-state index contributed by atoms with van der Waals surface area (Å²) >= 11 is 0. The Morgan fingerprint density at radius 3 is 2.65 bits per heavy atom. The number of aliphatic hydroxyl groups excluding tert-OH is 1. The molecule has 0 heterocycles.